The van der Waals surface area contributed by atoms with Gasteiger partial charge >= 0.3 is 0 Å². The first-order valence-corrected chi connectivity index (χ1v) is 7.64. The zero-order valence-electron chi connectivity index (χ0n) is 13.4. The number of benzene rings is 1. The molecule has 0 radical (unpaired) electrons. The molecule has 7 nitrogen and oxygen atoms in total. The van der Waals surface area contributed by atoms with Crippen LogP contribution in [0.5, 0.6) is 0 Å². The Hall–Kier alpha value is -2.70. The minimum absolute atomic E-state index is 0.484. The highest BCUT2D eigenvalue weighted by atomic mass is 16.1. The van der Waals surface area contributed by atoms with E-state index < -0.39 is 0 Å². The second kappa shape index (κ2) is 6.60. The van der Waals surface area contributed by atoms with Crippen LogP contribution in [0.4, 0.5) is 17.5 Å². The number of nitrogens with one attached hydrogen (secondary N) is 1. The lowest BCUT2D eigenvalue weighted by atomic mass is 10.1. The predicted molar refractivity (Wildman–Crippen MR) is 88.9 cm³/mol. The van der Waals surface area contributed by atoms with Gasteiger partial charge in [-0.1, -0.05) is 18.2 Å². The summed E-state index contributed by atoms with van der Waals surface area (Å²) in [7, 11) is 0. The fraction of sp³-hybridized carbons (Fsp3) is 0.375. The lowest BCUT2D eigenvalue weighted by Crippen LogP contribution is -2.46. The lowest BCUT2D eigenvalue weighted by molar-refractivity contribution is -0.118. The zero-order chi connectivity index (χ0) is 16.2. The minimum atomic E-state index is 0.484. The van der Waals surface area contributed by atoms with E-state index in [-0.39, 0.29) is 0 Å². The van der Waals surface area contributed by atoms with Crippen molar-refractivity contribution < 1.29 is 4.79 Å². The molecule has 120 valence electrons. The molecule has 1 aliphatic heterocycles. The number of nitrogens with zero attached hydrogens (tertiary/aromatic N) is 5. The Balaban J connectivity index is 1.77. The van der Waals surface area contributed by atoms with E-state index in [1.54, 1.807) is 11.1 Å². The van der Waals surface area contributed by atoms with Crippen molar-refractivity contribution in [3.8, 4) is 0 Å². The van der Waals surface area contributed by atoms with Gasteiger partial charge in [-0.05, 0) is 25.0 Å². The van der Waals surface area contributed by atoms with E-state index in [9.17, 15) is 4.79 Å². The monoisotopic (exact) mass is 312 g/mol. The van der Waals surface area contributed by atoms with Crippen LogP contribution >= 0.6 is 0 Å². The van der Waals surface area contributed by atoms with E-state index in [4.69, 9.17) is 0 Å². The van der Waals surface area contributed by atoms with Crippen LogP contribution in [0.1, 0.15) is 11.1 Å². The van der Waals surface area contributed by atoms with Gasteiger partial charge in [0.25, 0.3) is 0 Å². The van der Waals surface area contributed by atoms with Gasteiger partial charge in [-0.2, -0.15) is 10.1 Å². The third-order valence-corrected chi connectivity index (χ3v) is 4.05. The largest absolute Gasteiger partial charge is 0.352 e. The highest BCUT2D eigenvalue weighted by Gasteiger charge is 2.17. The second-order valence-corrected chi connectivity index (χ2v) is 5.66. The molecule has 0 spiro atoms. The molecule has 0 aliphatic carbocycles. The van der Waals surface area contributed by atoms with Gasteiger partial charge in [0, 0.05) is 31.9 Å². The van der Waals surface area contributed by atoms with Gasteiger partial charge in [0.05, 0.1) is 6.20 Å². The Morgan fingerprint density at radius 2 is 1.83 bits per heavy atom. The Kier molecular flexibility index (Phi) is 4.36. The van der Waals surface area contributed by atoms with Gasteiger partial charge in [0.1, 0.15) is 0 Å². The number of amides is 1. The summed E-state index contributed by atoms with van der Waals surface area (Å²) in [6.45, 7) is 7.00. The summed E-state index contributed by atoms with van der Waals surface area (Å²) >= 11 is 0. The molecule has 0 saturated carbocycles. The standard InChI is InChI=1S/C16H20N6O/c1-12-4-3-5-13(2)15(12)19-16-18-14(10-17-20-16)22-8-6-21(11-23)7-9-22/h3-5,10-11H,6-9H2,1-2H3,(H,18,19,20). The third-order valence-electron chi connectivity index (χ3n) is 4.05. The van der Waals surface area contributed by atoms with E-state index in [0.29, 0.717) is 19.0 Å². The number of hydrogen-bond donors (Lipinski definition) is 1. The van der Waals surface area contributed by atoms with Crippen molar-refractivity contribution in [1.82, 2.24) is 20.1 Å². The number of para-hydroxylation sites is 1. The van der Waals surface area contributed by atoms with E-state index in [1.807, 2.05) is 32.0 Å². The van der Waals surface area contributed by atoms with Gasteiger partial charge in [-0.3, -0.25) is 4.79 Å². The summed E-state index contributed by atoms with van der Waals surface area (Å²) in [5, 5.41) is 11.4. The van der Waals surface area contributed by atoms with Crippen LogP contribution in [0.15, 0.2) is 24.4 Å². The van der Waals surface area contributed by atoms with Crippen LogP contribution in [0.2, 0.25) is 0 Å². The molecular weight excluding hydrogens is 292 g/mol. The fourth-order valence-corrected chi connectivity index (χ4v) is 2.68. The molecule has 1 N–H and O–H groups in total. The quantitative estimate of drug-likeness (QED) is 0.863. The van der Waals surface area contributed by atoms with Crippen LogP contribution in [0, 0.1) is 13.8 Å². The maximum Gasteiger partial charge on any atom is 0.249 e. The summed E-state index contributed by atoms with van der Waals surface area (Å²) in [5.74, 6) is 1.26. The van der Waals surface area contributed by atoms with Crippen LogP contribution in [0.3, 0.4) is 0 Å². The first kappa shape index (κ1) is 15.2. The van der Waals surface area contributed by atoms with Gasteiger partial charge in [-0.15, -0.1) is 5.10 Å². The van der Waals surface area contributed by atoms with Gasteiger partial charge in [0.2, 0.25) is 12.4 Å². The number of piperazine rings is 1. The second-order valence-electron chi connectivity index (χ2n) is 5.66. The van der Waals surface area contributed by atoms with Crippen molar-refractivity contribution in [1.29, 1.82) is 0 Å². The predicted octanol–water partition coefficient (Wildman–Crippen LogP) is 1.51. The van der Waals surface area contributed by atoms with E-state index in [2.05, 4.69) is 25.4 Å². The smallest absolute Gasteiger partial charge is 0.249 e. The average molecular weight is 312 g/mol. The number of rotatable bonds is 4. The number of anilines is 3. The molecule has 0 bridgehead atoms. The highest BCUT2D eigenvalue weighted by molar-refractivity contribution is 5.63. The van der Waals surface area contributed by atoms with Crippen molar-refractivity contribution in [3.63, 3.8) is 0 Å². The molecule has 0 unspecified atom stereocenters. The normalized spacial score (nSPS) is 14.7. The van der Waals surface area contributed by atoms with Crippen LogP contribution in [-0.2, 0) is 4.79 Å². The SMILES string of the molecule is Cc1cccc(C)c1Nc1nncc(N2CCN(C=O)CC2)n1. The summed E-state index contributed by atoms with van der Waals surface area (Å²) in [5.41, 5.74) is 3.29. The molecule has 1 amide bonds. The molecular formula is C16H20N6O. The van der Waals surface area contributed by atoms with Crippen LogP contribution in [-0.4, -0.2) is 52.7 Å². The number of carbonyl (C=O) groups is 1. The summed E-state index contributed by atoms with van der Waals surface area (Å²) in [4.78, 5) is 19.2. The van der Waals surface area contributed by atoms with E-state index in [1.165, 1.54) is 0 Å². The zero-order valence-corrected chi connectivity index (χ0v) is 13.4. The van der Waals surface area contributed by atoms with Crippen LogP contribution in [0.25, 0.3) is 0 Å². The van der Waals surface area contributed by atoms with E-state index in [0.717, 1.165) is 42.1 Å². The van der Waals surface area contributed by atoms with Crippen molar-refractivity contribution in [2.45, 2.75) is 13.8 Å². The molecule has 1 aliphatic rings. The Bertz CT molecular complexity index is 676. The molecule has 2 heterocycles. The Morgan fingerprint density at radius 3 is 2.48 bits per heavy atom. The first-order valence-electron chi connectivity index (χ1n) is 7.64. The van der Waals surface area contributed by atoms with Gasteiger partial charge in [-0.25, -0.2) is 0 Å². The highest BCUT2D eigenvalue weighted by Crippen LogP contribution is 2.23. The van der Waals surface area contributed by atoms with Gasteiger partial charge in [0.15, 0.2) is 5.82 Å². The molecule has 1 aromatic heterocycles. The topological polar surface area (TPSA) is 74.2 Å². The van der Waals surface area contributed by atoms with Gasteiger partial charge < -0.3 is 15.1 Å². The first-order chi connectivity index (χ1) is 11.2. The average Bonchev–Trinajstić information content (AvgIpc) is 2.59. The molecule has 0 atom stereocenters. The summed E-state index contributed by atoms with van der Waals surface area (Å²) in [6, 6.07) is 6.12. The number of aromatic nitrogens is 3. The van der Waals surface area contributed by atoms with Crippen molar-refractivity contribution in [2.75, 3.05) is 36.4 Å². The summed E-state index contributed by atoms with van der Waals surface area (Å²) < 4.78 is 0. The fourth-order valence-electron chi connectivity index (χ4n) is 2.68. The molecule has 1 saturated heterocycles. The lowest BCUT2D eigenvalue weighted by Gasteiger charge is -2.33. The number of hydrogen-bond acceptors (Lipinski definition) is 6. The summed E-state index contributed by atoms with van der Waals surface area (Å²) in [6.07, 6.45) is 2.55. The molecule has 1 aromatic carbocycles. The minimum Gasteiger partial charge on any atom is -0.352 e. The molecule has 2 aromatic rings. The number of aryl methyl sites for hydroxylation is 2. The molecule has 23 heavy (non-hydrogen) atoms. The maximum atomic E-state index is 10.8. The molecule has 1 fully saturated rings. The van der Waals surface area contributed by atoms with Crippen molar-refractivity contribution in [2.24, 2.45) is 0 Å². The van der Waals surface area contributed by atoms with Crippen molar-refractivity contribution >= 4 is 23.9 Å². The van der Waals surface area contributed by atoms with E-state index >= 15 is 0 Å². The Labute approximate surface area is 135 Å². The molecule has 7 heteroatoms. The third kappa shape index (κ3) is 3.39. The van der Waals surface area contributed by atoms with Crippen molar-refractivity contribution in [3.05, 3.63) is 35.5 Å². The Morgan fingerprint density at radius 1 is 1.13 bits per heavy atom. The number of carbonyl (C=O) groups excluding carboxylic acids is 1. The van der Waals surface area contributed by atoms with Crippen LogP contribution < -0.4 is 10.2 Å². The maximum absolute atomic E-state index is 10.8. The molecule has 3 rings (SSSR count).